The molecule has 0 atom stereocenters. The van der Waals surface area contributed by atoms with Gasteiger partial charge in [-0.3, -0.25) is 14.1 Å². The Balaban J connectivity index is 0.00000147. The van der Waals surface area contributed by atoms with Crippen molar-refractivity contribution < 1.29 is 0 Å². The van der Waals surface area contributed by atoms with E-state index in [0.29, 0.717) is 5.92 Å². The molecule has 3 heterocycles. The van der Waals surface area contributed by atoms with Crippen LogP contribution in [0.4, 0.5) is 0 Å². The van der Waals surface area contributed by atoms with Crippen molar-refractivity contribution in [2.75, 3.05) is 19.6 Å². The molecule has 0 radical (unpaired) electrons. The van der Waals surface area contributed by atoms with E-state index in [4.69, 9.17) is 5.73 Å². The van der Waals surface area contributed by atoms with Crippen molar-refractivity contribution in [1.29, 1.82) is 0 Å². The molecule has 0 amide bonds. The smallest absolute Gasteiger partial charge is 0.258 e. The van der Waals surface area contributed by atoms with Crippen molar-refractivity contribution >= 4 is 28.7 Å². The van der Waals surface area contributed by atoms with E-state index in [9.17, 15) is 4.79 Å². The van der Waals surface area contributed by atoms with Crippen LogP contribution in [0.15, 0.2) is 22.4 Å². The molecule has 1 aliphatic heterocycles. The van der Waals surface area contributed by atoms with Crippen molar-refractivity contribution in [2.24, 2.45) is 11.7 Å². The fourth-order valence-electron chi connectivity index (χ4n) is 2.58. The second-order valence-corrected chi connectivity index (χ2v) is 5.97. The molecule has 0 aliphatic carbocycles. The molecule has 2 aromatic heterocycles. The second-order valence-electron chi connectivity index (χ2n) is 5.10. The van der Waals surface area contributed by atoms with E-state index >= 15 is 0 Å². The number of likely N-dealkylation sites (tertiary alicyclic amines) is 1. The van der Waals surface area contributed by atoms with Crippen molar-refractivity contribution in [3.63, 3.8) is 0 Å². The predicted octanol–water partition coefficient (Wildman–Crippen LogP) is 1.35. The number of thiazole rings is 1. The Labute approximate surface area is 127 Å². The third kappa shape index (κ3) is 3.20. The first-order chi connectivity index (χ1) is 9.26. The summed E-state index contributed by atoms with van der Waals surface area (Å²) in [6, 6.07) is 1.65. The van der Waals surface area contributed by atoms with Gasteiger partial charge in [0.05, 0.1) is 5.69 Å². The topological polar surface area (TPSA) is 63.6 Å². The Morgan fingerprint density at radius 2 is 2.15 bits per heavy atom. The lowest BCUT2D eigenvalue weighted by atomic mass is 9.97. The van der Waals surface area contributed by atoms with Gasteiger partial charge in [0.25, 0.3) is 5.56 Å². The maximum Gasteiger partial charge on any atom is 0.258 e. The van der Waals surface area contributed by atoms with Crippen LogP contribution in [-0.4, -0.2) is 33.9 Å². The highest BCUT2D eigenvalue weighted by Crippen LogP contribution is 2.17. The highest BCUT2D eigenvalue weighted by atomic mass is 35.5. The quantitative estimate of drug-likeness (QED) is 0.929. The molecule has 3 rings (SSSR count). The van der Waals surface area contributed by atoms with E-state index in [2.05, 4.69) is 9.88 Å². The lowest BCUT2D eigenvalue weighted by Crippen LogP contribution is -2.36. The Bertz CT molecular complexity index is 618. The van der Waals surface area contributed by atoms with Gasteiger partial charge in [0.15, 0.2) is 4.96 Å². The largest absolute Gasteiger partial charge is 0.330 e. The summed E-state index contributed by atoms with van der Waals surface area (Å²) in [5.74, 6) is 0.662. The molecule has 0 bridgehead atoms. The molecule has 2 aromatic rings. The minimum Gasteiger partial charge on any atom is -0.330 e. The Kier molecular flexibility index (Phi) is 5.15. The number of piperidine rings is 1. The van der Waals surface area contributed by atoms with Crippen LogP contribution in [0.2, 0.25) is 0 Å². The van der Waals surface area contributed by atoms with Crippen LogP contribution in [0.5, 0.6) is 0 Å². The van der Waals surface area contributed by atoms with Crippen molar-refractivity contribution in [2.45, 2.75) is 19.4 Å². The van der Waals surface area contributed by atoms with Crippen LogP contribution < -0.4 is 11.3 Å². The van der Waals surface area contributed by atoms with Gasteiger partial charge in [0.1, 0.15) is 0 Å². The molecule has 0 unspecified atom stereocenters. The fourth-order valence-corrected chi connectivity index (χ4v) is 3.32. The summed E-state index contributed by atoms with van der Waals surface area (Å²) in [6.45, 7) is 3.65. The van der Waals surface area contributed by atoms with Gasteiger partial charge in [-0.2, -0.15) is 0 Å². The van der Waals surface area contributed by atoms with E-state index in [-0.39, 0.29) is 18.0 Å². The standard InChI is InChI=1S/C13H18N4OS.ClH/c14-8-10-1-3-16(4-2-10)9-11-7-12(18)17-5-6-19-13(17)15-11;/h5-7,10H,1-4,8-9,14H2;1H. The van der Waals surface area contributed by atoms with Gasteiger partial charge in [0, 0.05) is 24.2 Å². The molecule has 20 heavy (non-hydrogen) atoms. The molecular weight excluding hydrogens is 296 g/mol. The molecule has 0 spiro atoms. The van der Waals surface area contributed by atoms with Crippen LogP contribution >= 0.6 is 23.7 Å². The molecule has 110 valence electrons. The van der Waals surface area contributed by atoms with Crippen LogP contribution in [0, 0.1) is 5.92 Å². The van der Waals surface area contributed by atoms with Crippen LogP contribution in [0.3, 0.4) is 0 Å². The summed E-state index contributed by atoms with van der Waals surface area (Å²) in [4.78, 5) is 19.6. The Morgan fingerprint density at radius 1 is 1.40 bits per heavy atom. The third-order valence-electron chi connectivity index (χ3n) is 3.78. The molecular formula is C13H19ClN4OS. The van der Waals surface area contributed by atoms with E-state index in [1.807, 2.05) is 5.38 Å². The van der Waals surface area contributed by atoms with E-state index in [0.717, 1.165) is 49.7 Å². The molecule has 5 nitrogen and oxygen atoms in total. The Morgan fingerprint density at radius 3 is 2.85 bits per heavy atom. The molecule has 0 saturated carbocycles. The molecule has 1 aliphatic rings. The number of nitrogens with two attached hydrogens (primary N) is 1. The maximum atomic E-state index is 11.9. The Hall–Kier alpha value is -0.950. The van der Waals surface area contributed by atoms with Crippen LogP contribution in [0.1, 0.15) is 18.5 Å². The maximum absolute atomic E-state index is 11.9. The number of hydrogen-bond donors (Lipinski definition) is 1. The average molecular weight is 315 g/mol. The van der Waals surface area contributed by atoms with E-state index in [1.165, 1.54) is 11.3 Å². The van der Waals surface area contributed by atoms with Gasteiger partial charge in [-0.15, -0.1) is 23.7 Å². The highest BCUT2D eigenvalue weighted by molar-refractivity contribution is 7.15. The highest BCUT2D eigenvalue weighted by Gasteiger charge is 2.18. The number of aromatic nitrogens is 2. The van der Waals surface area contributed by atoms with Crippen molar-refractivity contribution in [1.82, 2.24) is 14.3 Å². The molecule has 0 aromatic carbocycles. The van der Waals surface area contributed by atoms with E-state index in [1.54, 1.807) is 16.7 Å². The van der Waals surface area contributed by atoms with Gasteiger partial charge >= 0.3 is 0 Å². The first-order valence-electron chi connectivity index (χ1n) is 6.64. The summed E-state index contributed by atoms with van der Waals surface area (Å²) in [7, 11) is 0. The minimum absolute atomic E-state index is 0. The first kappa shape index (κ1) is 15.4. The van der Waals surface area contributed by atoms with Gasteiger partial charge < -0.3 is 5.73 Å². The lowest BCUT2D eigenvalue weighted by Gasteiger charge is -2.30. The second kappa shape index (κ2) is 6.67. The molecule has 1 fully saturated rings. The average Bonchev–Trinajstić information content (AvgIpc) is 2.88. The van der Waals surface area contributed by atoms with Crippen molar-refractivity contribution in [3.05, 3.63) is 33.7 Å². The monoisotopic (exact) mass is 314 g/mol. The van der Waals surface area contributed by atoms with Gasteiger partial charge in [0.2, 0.25) is 0 Å². The first-order valence-corrected chi connectivity index (χ1v) is 7.52. The number of rotatable bonds is 3. The zero-order valence-corrected chi connectivity index (χ0v) is 12.8. The molecule has 7 heteroatoms. The van der Waals surface area contributed by atoms with Gasteiger partial charge in [-0.05, 0) is 38.4 Å². The van der Waals surface area contributed by atoms with Crippen molar-refractivity contribution in [3.8, 4) is 0 Å². The number of nitrogens with zero attached hydrogens (tertiary/aromatic N) is 3. The number of halogens is 1. The minimum atomic E-state index is 0. The summed E-state index contributed by atoms with van der Waals surface area (Å²) >= 11 is 1.50. The summed E-state index contributed by atoms with van der Waals surface area (Å²) in [6.07, 6.45) is 4.07. The fraction of sp³-hybridized carbons (Fsp3) is 0.538. The SMILES string of the molecule is Cl.NCC1CCN(Cc2cc(=O)n3ccsc3n2)CC1. The zero-order valence-electron chi connectivity index (χ0n) is 11.2. The van der Waals surface area contributed by atoms with E-state index < -0.39 is 0 Å². The third-order valence-corrected chi connectivity index (χ3v) is 4.54. The molecule has 2 N–H and O–H groups in total. The normalized spacial score (nSPS) is 17.2. The molecule has 1 saturated heterocycles. The van der Waals surface area contributed by atoms with Gasteiger partial charge in [-0.25, -0.2) is 4.98 Å². The van der Waals surface area contributed by atoms with Gasteiger partial charge in [-0.1, -0.05) is 0 Å². The number of fused-ring (bicyclic) bond motifs is 1. The zero-order chi connectivity index (χ0) is 13.2. The van der Waals surface area contributed by atoms with Crippen LogP contribution in [-0.2, 0) is 6.54 Å². The summed E-state index contributed by atoms with van der Waals surface area (Å²) < 4.78 is 1.59. The predicted molar refractivity (Wildman–Crippen MR) is 83.6 cm³/mol. The summed E-state index contributed by atoms with van der Waals surface area (Å²) in [5, 5.41) is 1.89. The lowest BCUT2D eigenvalue weighted by molar-refractivity contribution is 0.179. The number of hydrogen-bond acceptors (Lipinski definition) is 5. The summed E-state index contributed by atoms with van der Waals surface area (Å²) in [5.41, 5.74) is 6.58. The van der Waals surface area contributed by atoms with Crippen LogP contribution in [0.25, 0.3) is 4.96 Å².